The molecule has 1 aliphatic rings. The number of ether oxygens (including phenoxy) is 2. The van der Waals surface area contributed by atoms with E-state index in [-0.39, 0.29) is 13.0 Å². The van der Waals surface area contributed by atoms with E-state index in [1.54, 1.807) is 0 Å². The quantitative estimate of drug-likeness (QED) is 0.0147. The van der Waals surface area contributed by atoms with Crippen LogP contribution >= 0.6 is 7.82 Å². The van der Waals surface area contributed by atoms with Gasteiger partial charge in [0.25, 0.3) is 0 Å². The van der Waals surface area contributed by atoms with E-state index in [1.165, 1.54) is 70.6 Å². The van der Waals surface area contributed by atoms with Crippen LogP contribution in [0.2, 0.25) is 0 Å². The first kappa shape index (κ1) is 61.8. The lowest BCUT2D eigenvalue weighted by molar-refractivity contribution is -0.220. The van der Waals surface area contributed by atoms with E-state index >= 15 is 0 Å². The monoisotopic (exact) mass is 953 g/mol. The molecule has 0 amide bonds. The van der Waals surface area contributed by atoms with Gasteiger partial charge in [-0.05, 0) is 89.9 Å². The Balaban J connectivity index is 2.37. The van der Waals surface area contributed by atoms with Gasteiger partial charge in [0.05, 0.1) is 13.2 Å². The summed E-state index contributed by atoms with van der Waals surface area (Å²) in [5, 5.41) is 50.3. The van der Waals surface area contributed by atoms with Crippen molar-refractivity contribution in [3.05, 3.63) is 72.9 Å². The van der Waals surface area contributed by atoms with Crippen molar-refractivity contribution >= 4 is 13.8 Å². The molecule has 6 N–H and O–H groups in total. The molecule has 0 spiro atoms. The van der Waals surface area contributed by atoms with Crippen molar-refractivity contribution in [1.82, 2.24) is 0 Å². The molecule has 0 radical (unpaired) electrons. The third kappa shape index (κ3) is 34.1. The van der Waals surface area contributed by atoms with Gasteiger partial charge in [0.1, 0.15) is 42.7 Å². The number of hydrogen-bond donors (Lipinski definition) is 6. The highest BCUT2D eigenvalue weighted by atomic mass is 31.2. The fraction of sp³-hybridized carbons (Fsp3) is 0.755. The molecule has 66 heavy (non-hydrogen) atoms. The number of hydrogen-bond acceptors (Lipinski definition) is 11. The van der Waals surface area contributed by atoms with E-state index in [0.29, 0.717) is 13.0 Å². The first-order valence-corrected chi connectivity index (χ1v) is 27.3. The molecular weight excluding hydrogens is 860 g/mol. The Morgan fingerprint density at radius 1 is 0.485 bits per heavy atom. The molecule has 6 unspecified atom stereocenters. The molecule has 0 heterocycles. The maximum absolute atomic E-state index is 12.9. The van der Waals surface area contributed by atoms with Crippen LogP contribution in [-0.4, -0.2) is 98.9 Å². The Labute approximate surface area is 400 Å². The Morgan fingerprint density at radius 2 is 0.848 bits per heavy atom. The fourth-order valence-electron chi connectivity index (χ4n) is 7.43. The van der Waals surface area contributed by atoms with Crippen molar-refractivity contribution in [2.24, 2.45) is 0 Å². The smallest absolute Gasteiger partial charge is 0.457 e. The standard InChI is InChI=1S/C53H93O12P/c1-3-5-7-9-11-13-15-17-19-21-23-25-27-29-31-33-35-37-39-41-43-62-44-46(45-63-66(60,61)65-53-51(58)49(56)48(55)50(57)52(53)59)64-47(54)42-40-38-36-34-32-30-28-26-24-22-20-18-16-14-12-10-8-6-4-2/h11-14,17-20,23-26,46,48-53,55-59H,3-10,15-16,21-22,27-45H2,1-2H3,(H,60,61)/b13-11-,14-12-,19-17-,20-18-,25-23-,26-24-. The average molecular weight is 953 g/mol. The summed E-state index contributed by atoms with van der Waals surface area (Å²) in [4.78, 5) is 23.2. The molecule has 1 saturated carbocycles. The second-order valence-corrected chi connectivity index (χ2v) is 19.1. The van der Waals surface area contributed by atoms with Gasteiger partial charge < -0.3 is 39.9 Å². The number of allylic oxidation sites excluding steroid dienone is 12. The summed E-state index contributed by atoms with van der Waals surface area (Å²) in [6.45, 7) is 4.17. The van der Waals surface area contributed by atoms with Gasteiger partial charge in [-0.2, -0.15) is 0 Å². The summed E-state index contributed by atoms with van der Waals surface area (Å²) in [7, 11) is -5.03. The van der Waals surface area contributed by atoms with E-state index in [1.807, 2.05) is 0 Å². The van der Waals surface area contributed by atoms with Crippen LogP contribution in [0, 0.1) is 0 Å². The molecule has 0 saturated heterocycles. The topological polar surface area (TPSA) is 192 Å². The molecular formula is C53H93O12P. The number of esters is 1. The average Bonchev–Trinajstić information content (AvgIpc) is 3.30. The number of rotatable bonds is 43. The van der Waals surface area contributed by atoms with Crippen LogP contribution in [0.15, 0.2) is 72.9 Å². The number of phosphoric acid groups is 1. The van der Waals surface area contributed by atoms with Gasteiger partial charge in [-0.15, -0.1) is 0 Å². The van der Waals surface area contributed by atoms with E-state index in [9.17, 15) is 39.8 Å². The minimum atomic E-state index is -5.03. The lowest BCUT2D eigenvalue weighted by Crippen LogP contribution is -2.64. The summed E-state index contributed by atoms with van der Waals surface area (Å²) in [6.07, 6.45) is 43.8. The highest BCUT2D eigenvalue weighted by Gasteiger charge is 2.51. The zero-order valence-corrected chi connectivity index (χ0v) is 41.9. The van der Waals surface area contributed by atoms with Crippen LogP contribution in [0.3, 0.4) is 0 Å². The number of carbonyl (C=O) groups is 1. The fourth-order valence-corrected chi connectivity index (χ4v) is 8.40. The number of phosphoric ester groups is 1. The summed E-state index contributed by atoms with van der Waals surface area (Å²) in [6, 6.07) is 0. The maximum Gasteiger partial charge on any atom is 0.472 e. The van der Waals surface area contributed by atoms with Gasteiger partial charge in [-0.1, -0.05) is 170 Å². The molecule has 13 heteroatoms. The third-order valence-corrected chi connectivity index (χ3v) is 12.5. The van der Waals surface area contributed by atoms with Gasteiger partial charge in [-0.25, -0.2) is 4.57 Å². The minimum Gasteiger partial charge on any atom is -0.457 e. The van der Waals surface area contributed by atoms with Gasteiger partial charge in [0.2, 0.25) is 0 Å². The summed E-state index contributed by atoms with van der Waals surface area (Å²) < 4.78 is 34.3. The second-order valence-electron chi connectivity index (χ2n) is 17.7. The van der Waals surface area contributed by atoms with Crippen molar-refractivity contribution < 1.29 is 58.3 Å². The summed E-state index contributed by atoms with van der Waals surface area (Å²) in [5.41, 5.74) is 0. The van der Waals surface area contributed by atoms with Crippen LogP contribution in [0.1, 0.15) is 194 Å². The molecule has 1 aliphatic carbocycles. The van der Waals surface area contributed by atoms with Crippen molar-refractivity contribution in [3.63, 3.8) is 0 Å². The van der Waals surface area contributed by atoms with Crippen LogP contribution in [0.4, 0.5) is 0 Å². The second kappa shape index (κ2) is 42.8. The molecule has 0 bridgehead atoms. The van der Waals surface area contributed by atoms with Gasteiger partial charge >= 0.3 is 13.8 Å². The lowest BCUT2D eigenvalue weighted by atomic mass is 9.85. The van der Waals surface area contributed by atoms with Crippen LogP contribution in [0.25, 0.3) is 0 Å². The summed E-state index contributed by atoms with van der Waals surface area (Å²) >= 11 is 0. The molecule has 1 rings (SSSR count). The first-order valence-electron chi connectivity index (χ1n) is 25.8. The van der Waals surface area contributed by atoms with Gasteiger partial charge in [0, 0.05) is 13.0 Å². The zero-order valence-electron chi connectivity index (χ0n) is 41.0. The maximum atomic E-state index is 12.9. The van der Waals surface area contributed by atoms with Crippen molar-refractivity contribution in [1.29, 1.82) is 0 Å². The van der Waals surface area contributed by atoms with Crippen molar-refractivity contribution in [3.8, 4) is 0 Å². The lowest BCUT2D eigenvalue weighted by Gasteiger charge is -2.41. The normalized spacial score (nSPS) is 22.0. The predicted molar refractivity (Wildman–Crippen MR) is 267 cm³/mol. The molecule has 0 aromatic heterocycles. The van der Waals surface area contributed by atoms with Gasteiger partial charge in [-0.3, -0.25) is 13.8 Å². The third-order valence-electron chi connectivity index (χ3n) is 11.6. The molecule has 0 aromatic carbocycles. The highest BCUT2D eigenvalue weighted by Crippen LogP contribution is 2.47. The Hall–Kier alpha value is -2.22. The number of aliphatic hydroxyl groups is 5. The van der Waals surface area contributed by atoms with Crippen molar-refractivity contribution in [2.45, 2.75) is 236 Å². The Morgan fingerprint density at radius 3 is 1.29 bits per heavy atom. The highest BCUT2D eigenvalue weighted by molar-refractivity contribution is 7.47. The van der Waals surface area contributed by atoms with Gasteiger partial charge in [0.15, 0.2) is 0 Å². The molecule has 0 aliphatic heterocycles. The molecule has 6 atom stereocenters. The van der Waals surface area contributed by atoms with Crippen molar-refractivity contribution in [2.75, 3.05) is 19.8 Å². The predicted octanol–water partition coefficient (Wildman–Crippen LogP) is 11.5. The largest absolute Gasteiger partial charge is 0.472 e. The van der Waals surface area contributed by atoms with Crippen LogP contribution in [0.5, 0.6) is 0 Å². The molecule has 1 fully saturated rings. The molecule has 382 valence electrons. The Kier molecular flexibility index (Phi) is 40.1. The SMILES string of the molecule is CCCCC/C=C\C/C=C\C/C=C\CCCCCCCCCOCC(COP(=O)(O)OC1C(O)C(O)C(O)C(O)C1O)OC(=O)CCCCCCCC/C=C\C/C=C\C/C=C\CCCCC. The number of unbranched alkanes of at least 4 members (excludes halogenated alkanes) is 19. The van der Waals surface area contributed by atoms with E-state index < -0.39 is 63.1 Å². The number of carbonyl (C=O) groups excluding carboxylic acids is 1. The zero-order chi connectivity index (χ0) is 48.4. The van der Waals surface area contributed by atoms with Crippen LogP contribution in [-0.2, 0) is 27.9 Å². The van der Waals surface area contributed by atoms with E-state index in [2.05, 4.69) is 86.8 Å². The first-order chi connectivity index (χ1) is 32.0. The number of aliphatic hydroxyl groups excluding tert-OH is 5. The molecule has 0 aromatic rings. The van der Waals surface area contributed by atoms with E-state index in [0.717, 1.165) is 96.3 Å². The summed E-state index contributed by atoms with van der Waals surface area (Å²) in [5.74, 6) is -0.495. The van der Waals surface area contributed by atoms with E-state index in [4.69, 9.17) is 18.5 Å². The molecule has 12 nitrogen and oxygen atoms in total. The Bertz CT molecular complexity index is 1360. The minimum absolute atomic E-state index is 0.0925. The van der Waals surface area contributed by atoms with Crippen LogP contribution < -0.4 is 0 Å².